The molecule has 0 nitrogen and oxygen atoms in total. The van der Waals surface area contributed by atoms with Gasteiger partial charge in [0.25, 0.3) is 0 Å². The second-order valence-electron chi connectivity index (χ2n) is 3.43. The Morgan fingerprint density at radius 1 is 1.13 bits per heavy atom. The van der Waals surface area contributed by atoms with Crippen molar-refractivity contribution < 1.29 is 0 Å². The van der Waals surface area contributed by atoms with Crippen LogP contribution in [0.5, 0.6) is 0 Å². The summed E-state index contributed by atoms with van der Waals surface area (Å²) in [4.78, 5) is 0. The van der Waals surface area contributed by atoms with Crippen molar-refractivity contribution in [1.29, 1.82) is 0 Å². The van der Waals surface area contributed by atoms with Crippen molar-refractivity contribution >= 4 is 36.0 Å². The monoisotopic (exact) mass is 260 g/mol. The number of hydrogen-bond donors (Lipinski definition) is 1. The smallest absolute Gasteiger partial charge is 0.0446 e. The van der Waals surface area contributed by atoms with Crippen LogP contribution in [0.2, 0.25) is 5.02 Å². The van der Waals surface area contributed by atoms with Crippen molar-refractivity contribution in [3.63, 3.8) is 0 Å². The number of unbranched alkanes of at least 4 members (excludes halogenated alkanes) is 2. The molecule has 0 aliphatic rings. The van der Waals surface area contributed by atoms with Crippen molar-refractivity contribution in [1.82, 2.24) is 0 Å². The van der Waals surface area contributed by atoms with Crippen LogP contribution in [-0.2, 0) is 5.75 Å². The predicted molar refractivity (Wildman–Crippen MR) is 75.3 cm³/mol. The third-order valence-corrected chi connectivity index (χ3v) is 3.94. The molecule has 0 N–H and O–H groups in total. The molecule has 0 spiro atoms. The van der Waals surface area contributed by atoms with E-state index in [-0.39, 0.29) is 0 Å². The lowest BCUT2D eigenvalue weighted by molar-refractivity contribution is 0.787. The standard InChI is InChI=1S/C12H17ClS2/c13-12-7-3-2-6-11(12)10-15-9-5-1-4-8-14/h2-3,6-7,14H,1,4-5,8-10H2. The van der Waals surface area contributed by atoms with E-state index in [4.69, 9.17) is 11.6 Å². The molecule has 84 valence electrons. The number of thiol groups is 1. The fourth-order valence-electron chi connectivity index (χ4n) is 1.29. The van der Waals surface area contributed by atoms with E-state index in [1.54, 1.807) is 0 Å². The Balaban J connectivity index is 2.12. The molecule has 1 rings (SSSR count). The number of rotatable bonds is 7. The van der Waals surface area contributed by atoms with E-state index < -0.39 is 0 Å². The van der Waals surface area contributed by atoms with Crippen LogP contribution in [-0.4, -0.2) is 11.5 Å². The Labute approximate surface area is 107 Å². The minimum atomic E-state index is 0.889. The summed E-state index contributed by atoms with van der Waals surface area (Å²) in [5, 5.41) is 0.889. The first kappa shape index (κ1) is 13.3. The maximum atomic E-state index is 6.06. The number of benzene rings is 1. The SMILES string of the molecule is SCCCCCSCc1ccccc1Cl. The summed E-state index contributed by atoms with van der Waals surface area (Å²) in [6.07, 6.45) is 3.81. The zero-order chi connectivity index (χ0) is 10.9. The van der Waals surface area contributed by atoms with Crippen molar-refractivity contribution in [2.24, 2.45) is 0 Å². The van der Waals surface area contributed by atoms with Crippen LogP contribution in [0.1, 0.15) is 24.8 Å². The Bertz CT molecular complexity index is 276. The molecule has 1 aromatic carbocycles. The Kier molecular flexibility index (Phi) is 7.41. The fraction of sp³-hybridized carbons (Fsp3) is 0.500. The van der Waals surface area contributed by atoms with E-state index >= 15 is 0 Å². The average Bonchev–Trinajstić information content (AvgIpc) is 2.25. The minimum Gasteiger partial charge on any atom is -0.179 e. The van der Waals surface area contributed by atoms with Crippen LogP contribution in [0.15, 0.2) is 24.3 Å². The lowest BCUT2D eigenvalue weighted by atomic mass is 10.2. The molecule has 0 fully saturated rings. The summed E-state index contributed by atoms with van der Waals surface area (Å²) in [5.41, 5.74) is 1.25. The summed E-state index contributed by atoms with van der Waals surface area (Å²) >= 11 is 12.2. The highest BCUT2D eigenvalue weighted by Crippen LogP contribution is 2.21. The van der Waals surface area contributed by atoms with Crippen LogP contribution in [0, 0.1) is 0 Å². The second-order valence-corrected chi connectivity index (χ2v) is 5.39. The van der Waals surface area contributed by atoms with Gasteiger partial charge in [-0.3, -0.25) is 0 Å². The van der Waals surface area contributed by atoms with E-state index in [2.05, 4.69) is 18.7 Å². The molecule has 0 atom stereocenters. The zero-order valence-electron chi connectivity index (χ0n) is 8.79. The van der Waals surface area contributed by atoms with Crippen LogP contribution >= 0.6 is 36.0 Å². The summed E-state index contributed by atoms with van der Waals surface area (Å²) in [5.74, 6) is 3.26. The third kappa shape index (κ3) is 5.74. The molecular formula is C12H17ClS2. The first-order chi connectivity index (χ1) is 7.34. The molecule has 15 heavy (non-hydrogen) atoms. The molecule has 0 aliphatic heterocycles. The zero-order valence-corrected chi connectivity index (χ0v) is 11.3. The molecule has 0 aliphatic carbocycles. The first-order valence-electron chi connectivity index (χ1n) is 5.26. The number of halogens is 1. The summed E-state index contributed by atoms with van der Waals surface area (Å²) in [6, 6.07) is 8.08. The molecule has 3 heteroatoms. The van der Waals surface area contributed by atoms with Crippen LogP contribution in [0.25, 0.3) is 0 Å². The van der Waals surface area contributed by atoms with Gasteiger partial charge < -0.3 is 0 Å². The molecular weight excluding hydrogens is 244 g/mol. The van der Waals surface area contributed by atoms with Gasteiger partial charge in [0.05, 0.1) is 0 Å². The van der Waals surface area contributed by atoms with Gasteiger partial charge in [-0.1, -0.05) is 36.2 Å². The van der Waals surface area contributed by atoms with Gasteiger partial charge in [0.1, 0.15) is 0 Å². The van der Waals surface area contributed by atoms with Gasteiger partial charge in [-0.15, -0.1) is 0 Å². The minimum absolute atomic E-state index is 0.889. The Hall–Kier alpha value is 0.210. The highest BCUT2D eigenvalue weighted by molar-refractivity contribution is 7.98. The maximum Gasteiger partial charge on any atom is 0.0446 e. The van der Waals surface area contributed by atoms with Crippen molar-refractivity contribution in [2.75, 3.05) is 11.5 Å². The molecule has 0 bridgehead atoms. The number of thioether (sulfide) groups is 1. The average molecular weight is 261 g/mol. The first-order valence-corrected chi connectivity index (χ1v) is 7.43. The van der Waals surface area contributed by atoms with Gasteiger partial charge in [-0.25, -0.2) is 0 Å². The fourth-order valence-corrected chi connectivity index (χ4v) is 2.82. The van der Waals surface area contributed by atoms with Gasteiger partial charge in [0.15, 0.2) is 0 Å². The molecule has 0 aromatic heterocycles. The van der Waals surface area contributed by atoms with Crippen LogP contribution < -0.4 is 0 Å². The van der Waals surface area contributed by atoms with E-state index in [0.717, 1.165) is 16.5 Å². The molecule has 0 heterocycles. The molecule has 0 amide bonds. The van der Waals surface area contributed by atoms with E-state index in [0.29, 0.717) is 0 Å². The van der Waals surface area contributed by atoms with Crippen molar-refractivity contribution in [3.05, 3.63) is 34.9 Å². The summed E-state index contributed by atoms with van der Waals surface area (Å²) in [7, 11) is 0. The van der Waals surface area contributed by atoms with Gasteiger partial charge in [-0.2, -0.15) is 24.4 Å². The quantitative estimate of drug-likeness (QED) is 0.549. The van der Waals surface area contributed by atoms with E-state index in [1.807, 2.05) is 30.0 Å². The number of hydrogen-bond acceptors (Lipinski definition) is 2. The highest BCUT2D eigenvalue weighted by atomic mass is 35.5. The van der Waals surface area contributed by atoms with Gasteiger partial charge >= 0.3 is 0 Å². The van der Waals surface area contributed by atoms with Gasteiger partial charge in [0.2, 0.25) is 0 Å². The molecule has 0 unspecified atom stereocenters. The molecule has 0 radical (unpaired) electrons. The molecule has 0 saturated carbocycles. The largest absolute Gasteiger partial charge is 0.179 e. The van der Waals surface area contributed by atoms with Crippen molar-refractivity contribution in [3.8, 4) is 0 Å². The van der Waals surface area contributed by atoms with Gasteiger partial charge in [-0.05, 0) is 36.0 Å². The lowest BCUT2D eigenvalue weighted by Gasteiger charge is -2.03. The summed E-state index contributed by atoms with van der Waals surface area (Å²) < 4.78 is 0. The Morgan fingerprint density at radius 3 is 2.67 bits per heavy atom. The topological polar surface area (TPSA) is 0 Å². The van der Waals surface area contributed by atoms with Crippen LogP contribution in [0.4, 0.5) is 0 Å². The Morgan fingerprint density at radius 2 is 1.93 bits per heavy atom. The lowest BCUT2D eigenvalue weighted by Crippen LogP contribution is -1.86. The summed E-state index contributed by atoms with van der Waals surface area (Å²) in [6.45, 7) is 0. The normalized spacial score (nSPS) is 10.5. The van der Waals surface area contributed by atoms with E-state index in [9.17, 15) is 0 Å². The van der Waals surface area contributed by atoms with Crippen molar-refractivity contribution in [2.45, 2.75) is 25.0 Å². The second kappa shape index (κ2) is 8.37. The molecule has 0 saturated heterocycles. The third-order valence-electron chi connectivity index (χ3n) is 2.16. The van der Waals surface area contributed by atoms with Gasteiger partial charge in [0, 0.05) is 10.8 Å². The maximum absolute atomic E-state index is 6.06. The predicted octanol–water partition coefficient (Wildman–Crippen LogP) is 4.67. The highest BCUT2D eigenvalue weighted by Gasteiger charge is 1.98. The molecule has 1 aromatic rings. The van der Waals surface area contributed by atoms with E-state index in [1.165, 1.54) is 30.6 Å². The van der Waals surface area contributed by atoms with Crippen LogP contribution in [0.3, 0.4) is 0 Å².